The number of nitrogens with zero attached hydrogens (tertiary/aromatic N) is 3. The van der Waals surface area contributed by atoms with E-state index in [4.69, 9.17) is 9.72 Å². The highest BCUT2D eigenvalue weighted by Gasteiger charge is 2.34. The zero-order valence-electron chi connectivity index (χ0n) is 20.2. The Morgan fingerprint density at radius 1 is 1.22 bits per heavy atom. The third kappa shape index (κ3) is 4.80. The van der Waals surface area contributed by atoms with Crippen LogP contribution in [0.15, 0.2) is 18.2 Å². The lowest BCUT2D eigenvalue weighted by Crippen LogP contribution is -2.53. The lowest BCUT2D eigenvalue weighted by molar-refractivity contribution is -0.124. The first-order valence-electron chi connectivity index (χ1n) is 11.0. The lowest BCUT2D eigenvalue weighted by atomic mass is 9.86. The number of carbonyl (C=O) groups excluding carboxylic acids is 2. The van der Waals surface area contributed by atoms with Crippen LogP contribution in [0, 0.1) is 12.3 Å². The molecule has 1 aromatic carbocycles. The third-order valence-corrected chi connectivity index (χ3v) is 5.93. The molecule has 0 unspecified atom stereocenters. The quantitative estimate of drug-likeness (QED) is 0.745. The van der Waals surface area contributed by atoms with Gasteiger partial charge in [-0.05, 0) is 56.1 Å². The van der Waals surface area contributed by atoms with Crippen molar-refractivity contribution in [3.05, 3.63) is 35.2 Å². The van der Waals surface area contributed by atoms with Crippen LogP contribution in [0.2, 0.25) is 0 Å². The average molecular weight is 442 g/mol. The number of amides is 2. The van der Waals surface area contributed by atoms with Crippen molar-refractivity contribution in [1.82, 2.24) is 25.1 Å². The van der Waals surface area contributed by atoms with Gasteiger partial charge < -0.3 is 24.8 Å². The largest absolute Gasteiger partial charge is 0.496 e. The van der Waals surface area contributed by atoms with Crippen molar-refractivity contribution in [2.45, 2.75) is 53.2 Å². The van der Waals surface area contributed by atoms with E-state index in [9.17, 15) is 9.59 Å². The number of likely N-dealkylation sites (N-methyl/N-ethyl adjacent to an activating group) is 1. The summed E-state index contributed by atoms with van der Waals surface area (Å²) in [4.78, 5) is 32.9. The summed E-state index contributed by atoms with van der Waals surface area (Å²) < 4.78 is 7.54. The van der Waals surface area contributed by atoms with Crippen molar-refractivity contribution >= 4 is 11.8 Å². The molecule has 32 heavy (non-hydrogen) atoms. The van der Waals surface area contributed by atoms with E-state index in [1.807, 2.05) is 52.9 Å². The van der Waals surface area contributed by atoms with Gasteiger partial charge in [0.1, 0.15) is 17.6 Å². The summed E-state index contributed by atoms with van der Waals surface area (Å²) in [5.41, 5.74) is 2.74. The zero-order chi connectivity index (χ0) is 23.6. The topological polar surface area (TPSA) is 88.5 Å². The second-order valence-electron chi connectivity index (χ2n) is 9.54. The first-order valence-corrected chi connectivity index (χ1v) is 11.0. The van der Waals surface area contributed by atoms with Gasteiger partial charge in [0.05, 0.1) is 12.8 Å². The Morgan fingerprint density at radius 2 is 1.94 bits per heavy atom. The maximum Gasteiger partial charge on any atom is 0.272 e. The van der Waals surface area contributed by atoms with Crippen molar-refractivity contribution in [3.8, 4) is 17.1 Å². The second-order valence-corrected chi connectivity index (χ2v) is 9.54. The molecular formula is C24H35N5O3. The van der Waals surface area contributed by atoms with Crippen LogP contribution >= 0.6 is 0 Å². The van der Waals surface area contributed by atoms with E-state index in [-0.39, 0.29) is 11.8 Å². The summed E-state index contributed by atoms with van der Waals surface area (Å²) in [5.74, 6) is 1.02. The number of ether oxygens (including phenoxy) is 1. The molecule has 0 spiro atoms. The molecule has 0 bridgehead atoms. The number of hydrogen-bond acceptors (Lipinski definition) is 5. The Kier molecular flexibility index (Phi) is 6.93. The van der Waals surface area contributed by atoms with Gasteiger partial charge in [-0.25, -0.2) is 4.98 Å². The number of methoxy groups -OCH3 is 1. The summed E-state index contributed by atoms with van der Waals surface area (Å²) in [6.07, 6.45) is 0.964. The molecule has 0 saturated carbocycles. The predicted molar refractivity (Wildman–Crippen MR) is 125 cm³/mol. The third-order valence-electron chi connectivity index (χ3n) is 5.93. The number of fused-ring (bicyclic) bond motifs is 1. The van der Waals surface area contributed by atoms with Crippen LogP contribution in [-0.4, -0.2) is 60.1 Å². The minimum Gasteiger partial charge on any atom is -0.496 e. The second kappa shape index (κ2) is 9.32. The Labute approximate surface area is 190 Å². The number of carbonyl (C=O) groups is 2. The van der Waals surface area contributed by atoms with Gasteiger partial charge in [0.25, 0.3) is 5.91 Å². The van der Waals surface area contributed by atoms with Crippen molar-refractivity contribution in [1.29, 1.82) is 0 Å². The van der Waals surface area contributed by atoms with Crippen molar-refractivity contribution < 1.29 is 14.3 Å². The fourth-order valence-electron chi connectivity index (χ4n) is 4.16. The minimum atomic E-state index is -0.674. The van der Waals surface area contributed by atoms with Crippen LogP contribution < -0.4 is 15.4 Å². The Balaban J connectivity index is 2.07. The number of rotatable bonds is 5. The van der Waals surface area contributed by atoms with Crippen molar-refractivity contribution in [3.63, 3.8) is 0 Å². The number of aryl methyl sites for hydroxylation is 1. The van der Waals surface area contributed by atoms with E-state index < -0.39 is 11.5 Å². The molecule has 1 aromatic heterocycles. The monoisotopic (exact) mass is 441 g/mol. The molecule has 1 aliphatic heterocycles. The van der Waals surface area contributed by atoms with Gasteiger partial charge in [-0.2, -0.15) is 0 Å². The van der Waals surface area contributed by atoms with Gasteiger partial charge >= 0.3 is 0 Å². The van der Waals surface area contributed by atoms with Gasteiger partial charge in [0.15, 0.2) is 5.69 Å². The van der Waals surface area contributed by atoms with Gasteiger partial charge in [0, 0.05) is 25.7 Å². The summed E-state index contributed by atoms with van der Waals surface area (Å²) in [6.45, 7) is 10.1. The lowest BCUT2D eigenvalue weighted by Gasteiger charge is -2.29. The molecule has 0 radical (unpaired) electrons. The van der Waals surface area contributed by atoms with Crippen molar-refractivity contribution in [2.24, 2.45) is 5.41 Å². The number of aromatic nitrogens is 2. The number of imidazole rings is 1. The Morgan fingerprint density at radius 3 is 2.53 bits per heavy atom. The SMILES string of the molecule is CNC(=O)[C@@H](NC(=O)c1nc(-c2ccc(OC)c(C)c2)n2c1CN(C)CCC2)C(C)(C)C. The van der Waals surface area contributed by atoms with Gasteiger partial charge in [-0.1, -0.05) is 20.8 Å². The fraction of sp³-hybridized carbons (Fsp3) is 0.542. The maximum atomic E-state index is 13.4. The van der Waals surface area contributed by atoms with Crippen LogP contribution in [0.5, 0.6) is 5.75 Å². The van der Waals surface area contributed by atoms with Crippen molar-refractivity contribution in [2.75, 3.05) is 27.7 Å². The summed E-state index contributed by atoms with van der Waals surface area (Å²) in [7, 11) is 5.28. The highest BCUT2D eigenvalue weighted by molar-refractivity contribution is 5.97. The maximum absolute atomic E-state index is 13.4. The predicted octanol–water partition coefficient (Wildman–Crippen LogP) is 2.59. The van der Waals surface area contributed by atoms with E-state index in [1.54, 1.807) is 14.2 Å². The number of benzene rings is 1. The van der Waals surface area contributed by atoms with Crippen LogP contribution in [0.1, 0.15) is 48.9 Å². The standard InChI is InChI=1S/C24H35N5O3/c1-15-13-16(9-10-18(15)32-7)21-26-19(17-14-28(6)11-8-12-29(17)21)22(30)27-20(23(31)25-5)24(2,3)4/h9-10,13,20H,8,11-12,14H2,1-7H3,(H,25,31)(H,27,30)/t20-/m1/s1. The van der Waals surface area contributed by atoms with Crippen LogP contribution in [0.25, 0.3) is 11.4 Å². The first kappa shape index (κ1) is 23.8. The van der Waals surface area contributed by atoms with Gasteiger partial charge in [0.2, 0.25) is 5.91 Å². The molecule has 174 valence electrons. The van der Waals surface area contributed by atoms with E-state index >= 15 is 0 Å². The van der Waals surface area contributed by atoms with Gasteiger partial charge in [-0.3, -0.25) is 9.59 Å². The molecule has 0 aliphatic carbocycles. The Bertz CT molecular complexity index is 1010. The molecule has 8 heteroatoms. The molecule has 3 rings (SSSR count). The molecule has 2 aromatic rings. The molecule has 2 amide bonds. The van der Waals surface area contributed by atoms with Crippen LogP contribution in [0.3, 0.4) is 0 Å². The molecule has 1 atom stereocenters. The van der Waals surface area contributed by atoms with Crippen LogP contribution in [-0.2, 0) is 17.9 Å². The van der Waals surface area contributed by atoms with Crippen LogP contribution in [0.4, 0.5) is 0 Å². The first-order chi connectivity index (χ1) is 15.1. The summed E-state index contributed by atoms with van der Waals surface area (Å²) in [5, 5.41) is 5.59. The normalized spacial score (nSPS) is 15.5. The van der Waals surface area contributed by atoms with E-state index in [0.717, 1.165) is 47.9 Å². The van der Waals surface area contributed by atoms with E-state index in [1.165, 1.54) is 0 Å². The van der Waals surface area contributed by atoms with E-state index in [2.05, 4.69) is 20.1 Å². The Hall–Kier alpha value is -2.87. The summed E-state index contributed by atoms with van der Waals surface area (Å²) >= 11 is 0. The highest BCUT2D eigenvalue weighted by Crippen LogP contribution is 2.30. The molecule has 2 heterocycles. The molecule has 0 saturated heterocycles. The fourth-order valence-corrected chi connectivity index (χ4v) is 4.16. The highest BCUT2D eigenvalue weighted by atomic mass is 16.5. The molecule has 1 aliphatic rings. The average Bonchev–Trinajstić information content (AvgIpc) is 2.97. The smallest absolute Gasteiger partial charge is 0.272 e. The van der Waals surface area contributed by atoms with E-state index in [0.29, 0.717) is 12.2 Å². The molecule has 0 fully saturated rings. The minimum absolute atomic E-state index is 0.223. The molecule has 8 nitrogen and oxygen atoms in total. The summed E-state index contributed by atoms with van der Waals surface area (Å²) in [6, 6.07) is 5.26. The zero-order valence-corrected chi connectivity index (χ0v) is 20.2. The molecular weight excluding hydrogens is 406 g/mol. The number of hydrogen-bond donors (Lipinski definition) is 2. The molecule has 2 N–H and O–H groups in total. The van der Waals surface area contributed by atoms with Gasteiger partial charge in [-0.15, -0.1) is 0 Å². The number of nitrogens with one attached hydrogen (secondary N) is 2.